The van der Waals surface area contributed by atoms with Gasteiger partial charge in [0.2, 0.25) is 9.84 Å². The predicted octanol–water partition coefficient (Wildman–Crippen LogP) is 3.56. The molecule has 0 bridgehead atoms. The van der Waals surface area contributed by atoms with E-state index >= 15 is 0 Å². The van der Waals surface area contributed by atoms with Crippen LogP contribution in [0.25, 0.3) is 0 Å². The zero-order valence-corrected chi connectivity index (χ0v) is 11.3. The third-order valence-corrected chi connectivity index (χ3v) is 4.65. The Morgan fingerprint density at radius 1 is 0.944 bits per heavy atom. The molecule has 0 saturated heterocycles. The highest BCUT2D eigenvalue weighted by molar-refractivity contribution is 9.10. The third kappa shape index (κ3) is 2.30. The van der Waals surface area contributed by atoms with E-state index < -0.39 is 26.4 Å². The van der Waals surface area contributed by atoms with Gasteiger partial charge in [0.05, 0.1) is 4.90 Å². The Morgan fingerprint density at radius 2 is 1.56 bits per heavy atom. The van der Waals surface area contributed by atoms with E-state index in [4.69, 9.17) is 0 Å². The number of halogens is 3. The monoisotopic (exact) mass is 332 g/mol. The summed E-state index contributed by atoms with van der Waals surface area (Å²) in [4.78, 5) is -0.750. The molecule has 0 amide bonds. The molecule has 2 rings (SSSR count). The van der Waals surface area contributed by atoms with Crippen LogP contribution in [0.5, 0.6) is 0 Å². The minimum absolute atomic E-state index is 0.0878. The molecule has 6 heteroatoms. The zero-order valence-electron chi connectivity index (χ0n) is 8.90. The number of hydrogen-bond acceptors (Lipinski definition) is 2. The molecule has 0 aliphatic carbocycles. The lowest BCUT2D eigenvalue weighted by atomic mass is 10.3. The maximum Gasteiger partial charge on any atom is 0.209 e. The van der Waals surface area contributed by atoms with Crippen LogP contribution in [-0.4, -0.2) is 8.42 Å². The van der Waals surface area contributed by atoms with Crippen molar-refractivity contribution >= 4 is 25.8 Å². The summed E-state index contributed by atoms with van der Waals surface area (Å²) in [6, 6.07) is 8.75. The Morgan fingerprint density at radius 3 is 2.17 bits per heavy atom. The van der Waals surface area contributed by atoms with E-state index in [0.29, 0.717) is 4.47 Å². The Labute approximate surface area is 111 Å². The summed E-state index contributed by atoms with van der Waals surface area (Å²) in [6.45, 7) is 0. The molecule has 0 saturated carbocycles. The summed E-state index contributed by atoms with van der Waals surface area (Å²) in [6.07, 6.45) is 0. The molecule has 0 radical (unpaired) electrons. The normalized spacial score (nSPS) is 11.5. The number of hydrogen-bond donors (Lipinski definition) is 0. The summed E-state index contributed by atoms with van der Waals surface area (Å²) < 4.78 is 51.4. The second-order valence-corrected chi connectivity index (χ2v) is 6.34. The fourth-order valence-corrected chi connectivity index (χ4v) is 3.04. The maximum absolute atomic E-state index is 13.5. The molecular weight excluding hydrogens is 326 g/mol. The van der Waals surface area contributed by atoms with Crippen molar-refractivity contribution < 1.29 is 17.2 Å². The topological polar surface area (TPSA) is 34.1 Å². The number of rotatable bonds is 2. The molecular formula is C12H7BrF2O2S. The highest BCUT2D eigenvalue weighted by Crippen LogP contribution is 2.25. The molecule has 0 spiro atoms. The molecule has 0 N–H and O–H groups in total. The van der Waals surface area contributed by atoms with E-state index in [1.165, 1.54) is 24.3 Å². The second-order valence-electron chi connectivity index (χ2n) is 3.51. The van der Waals surface area contributed by atoms with E-state index in [1.807, 2.05) is 0 Å². The lowest BCUT2D eigenvalue weighted by Crippen LogP contribution is -2.05. The van der Waals surface area contributed by atoms with Crippen LogP contribution in [-0.2, 0) is 9.84 Å². The fourth-order valence-electron chi connectivity index (χ4n) is 1.43. The number of sulfone groups is 1. The van der Waals surface area contributed by atoms with Gasteiger partial charge in [-0.3, -0.25) is 0 Å². The molecule has 0 fully saturated rings. The van der Waals surface area contributed by atoms with Gasteiger partial charge in [0.15, 0.2) is 11.6 Å². The van der Waals surface area contributed by atoms with Gasteiger partial charge in [-0.05, 0) is 36.4 Å². The first kappa shape index (κ1) is 13.2. The minimum atomic E-state index is -4.04. The molecule has 0 aliphatic heterocycles. The van der Waals surface area contributed by atoms with Gasteiger partial charge in [-0.25, -0.2) is 17.2 Å². The molecule has 0 atom stereocenters. The van der Waals surface area contributed by atoms with Gasteiger partial charge in [0.25, 0.3) is 0 Å². The smallest absolute Gasteiger partial charge is 0.209 e. The molecule has 0 aliphatic rings. The lowest BCUT2D eigenvalue weighted by Gasteiger charge is -2.06. The number of benzene rings is 2. The Kier molecular flexibility index (Phi) is 3.49. The molecule has 0 unspecified atom stereocenters. The summed E-state index contributed by atoms with van der Waals surface area (Å²) in [5.74, 6) is -2.55. The van der Waals surface area contributed by atoms with Crippen molar-refractivity contribution in [1.29, 1.82) is 0 Å². The first-order valence-electron chi connectivity index (χ1n) is 4.87. The first-order chi connectivity index (χ1) is 8.43. The SMILES string of the molecule is O=S(=O)(c1ccc(Br)cc1)c1cccc(F)c1F. The molecule has 18 heavy (non-hydrogen) atoms. The van der Waals surface area contributed by atoms with Crippen molar-refractivity contribution in [2.75, 3.05) is 0 Å². The van der Waals surface area contributed by atoms with Crippen LogP contribution in [0.2, 0.25) is 0 Å². The van der Waals surface area contributed by atoms with E-state index in [0.717, 1.165) is 18.2 Å². The summed E-state index contributed by atoms with van der Waals surface area (Å²) in [7, 11) is -4.04. The molecule has 0 heterocycles. The fraction of sp³-hybridized carbons (Fsp3) is 0. The highest BCUT2D eigenvalue weighted by Gasteiger charge is 2.23. The Bertz CT molecular complexity index is 682. The van der Waals surface area contributed by atoms with Crippen molar-refractivity contribution in [3.63, 3.8) is 0 Å². The molecule has 2 nitrogen and oxygen atoms in total. The largest absolute Gasteiger partial charge is 0.218 e. The lowest BCUT2D eigenvalue weighted by molar-refractivity contribution is 0.485. The van der Waals surface area contributed by atoms with Crippen LogP contribution < -0.4 is 0 Å². The molecule has 2 aromatic carbocycles. The van der Waals surface area contributed by atoms with Crippen molar-refractivity contribution in [2.24, 2.45) is 0 Å². The van der Waals surface area contributed by atoms with E-state index in [1.54, 1.807) is 0 Å². The van der Waals surface area contributed by atoms with E-state index in [9.17, 15) is 17.2 Å². The summed E-state index contributed by atoms with van der Waals surface area (Å²) in [5.41, 5.74) is 0. The quantitative estimate of drug-likeness (QED) is 0.842. The average Bonchev–Trinajstić information content (AvgIpc) is 2.33. The first-order valence-corrected chi connectivity index (χ1v) is 7.15. The van der Waals surface area contributed by atoms with E-state index in [2.05, 4.69) is 15.9 Å². The Hall–Kier alpha value is -1.27. The van der Waals surface area contributed by atoms with Crippen LogP contribution in [0.15, 0.2) is 56.7 Å². The van der Waals surface area contributed by atoms with Crippen molar-refractivity contribution in [2.45, 2.75) is 9.79 Å². The van der Waals surface area contributed by atoms with Crippen LogP contribution in [0.1, 0.15) is 0 Å². The van der Waals surface area contributed by atoms with Crippen molar-refractivity contribution in [3.8, 4) is 0 Å². The van der Waals surface area contributed by atoms with Gasteiger partial charge in [-0.2, -0.15) is 0 Å². The van der Waals surface area contributed by atoms with Crippen LogP contribution in [0.4, 0.5) is 8.78 Å². The maximum atomic E-state index is 13.5. The average molecular weight is 333 g/mol. The van der Waals surface area contributed by atoms with Crippen molar-refractivity contribution in [1.82, 2.24) is 0 Å². The van der Waals surface area contributed by atoms with Crippen LogP contribution in [0, 0.1) is 11.6 Å². The Balaban J connectivity index is 2.62. The van der Waals surface area contributed by atoms with Crippen LogP contribution in [0.3, 0.4) is 0 Å². The highest BCUT2D eigenvalue weighted by atomic mass is 79.9. The zero-order chi connectivity index (χ0) is 13.3. The van der Waals surface area contributed by atoms with Gasteiger partial charge in [-0.15, -0.1) is 0 Å². The summed E-state index contributed by atoms with van der Waals surface area (Å²) >= 11 is 3.17. The van der Waals surface area contributed by atoms with Gasteiger partial charge < -0.3 is 0 Å². The third-order valence-electron chi connectivity index (χ3n) is 2.33. The molecule has 94 valence electrons. The van der Waals surface area contributed by atoms with Gasteiger partial charge in [0.1, 0.15) is 4.90 Å². The van der Waals surface area contributed by atoms with Gasteiger partial charge >= 0.3 is 0 Å². The van der Waals surface area contributed by atoms with Gasteiger partial charge in [0, 0.05) is 4.47 Å². The molecule has 2 aromatic rings. The minimum Gasteiger partial charge on any atom is -0.218 e. The van der Waals surface area contributed by atoms with E-state index in [-0.39, 0.29) is 4.90 Å². The van der Waals surface area contributed by atoms with Gasteiger partial charge in [-0.1, -0.05) is 22.0 Å². The second kappa shape index (κ2) is 4.78. The molecule has 0 aromatic heterocycles. The summed E-state index contributed by atoms with van der Waals surface area (Å²) in [5, 5.41) is 0. The van der Waals surface area contributed by atoms with Crippen molar-refractivity contribution in [3.05, 3.63) is 58.6 Å². The standard InChI is InChI=1S/C12H7BrF2O2S/c13-8-4-6-9(7-5-8)18(16,17)11-3-1-2-10(14)12(11)15/h1-7H. The predicted molar refractivity (Wildman–Crippen MR) is 66.0 cm³/mol. The van der Waals surface area contributed by atoms with Crippen LogP contribution >= 0.6 is 15.9 Å².